The molecule has 5 aromatic carbocycles. The van der Waals surface area contributed by atoms with Crippen molar-refractivity contribution in [3.05, 3.63) is 138 Å². The molecule has 3 heterocycles. The Hall–Kier alpha value is -4.41. The van der Waals surface area contributed by atoms with Crippen molar-refractivity contribution < 1.29 is 35.5 Å². The Morgan fingerprint density at radius 3 is 2.27 bits per heavy atom. The summed E-state index contributed by atoms with van der Waals surface area (Å²) in [5, 5.41) is 6.80. The van der Waals surface area contributed by atoms with Crippen LogP contribution in [0.5, 0.6) is 0 Å². The van der Waals surface area contributed by atoms with Crippen molar-refractivity contribution in [3.63, 3.8) is 0 Å². The van der Waals surface area contributed by atoms with Crippen molar-refractivity contribution in [1.29, 1.82) is 0 Å². The quantitative estimate of drug-likeness (QED) is 0.0982. The third-order valence-electron chi connectivity index (χ3n) is 9.34. The van der Waals surface area contributed by atoms with Gasteiger partial charge in [0, 0.05) is 48.9 Å². The third kappa shape index (κ3) is 7.28. The summed E-state index contributed by atoms with van der Waals surface area (Å²) in [6, 6.07) is 34.5. The first-order valence-electron chi connectivity index (χ1n) is 21.1. The van der Waals surface area contributed by atoms with Gasteiger partial charge in [0.1, 0.15) is 5.58 Å². The Kier molecular flexibility index (Phi) is 8.07. The summed E-state index contributed by atoms with van der Waals surface area (Å²) in [5.41, 5.74) is 5.98. The minimum atomic E-state index is -2.33. The average Bonchev–Trinajstić information content (AvgIpc) is 3.53. The Balaban J connectivity index is 0.000000213. The number of fused-ring (bicyclic) bond motifs is 6. The molecule has 1 radical (unpaired) electrons. The zero-order valence-electron chi connectivity index (χ0n) is 38.5. The fourth-order valence-electron chi connectivity index (χ4n) is 6.59. The molecule has 0 atom stereocenters. The molecule has 0 aliphatic carbocycles. The van der Waals surface area contributed by atoms with Gasteiger partial charge in [-0.05, 0) is 68.1 Å². The van der Waals surface area contributed by atoms with Crippen LogP contribution in [0.2, 0.25) is 19.6 Å². The van der Waals surface area contributed by atoms with Crippen LogP contribution in [0, 0.1) is 25.8 Å². The first-order valence-corrected chi connectivity index (χ1v) is 20.6. The monoisotopic (exact) mass is 883 g/mol. The number of aryl methyl sites for hydroxylation is 2. The molecule has 0 aliphatic heterocycles. The Morgan fingerprint density at radius 1 is 0.750 bits per heavy atom. The van der Waals surface area contributed by atoms with Crippen LogP contribution in [0.25, 0.3) is 66.0 Å². The second kappa shape index (κ2) is 14.9. The van der Waals surface area contributed by atoms with E-state index in [1.54, 1.807) is 18.3 Å². The summed E-state index contributed by atoms with van der Waals surface area (Å²) in [4.78, 5) is 9.08. The van der Waals surface area contributed by atoms with Crippen LogP contribution in [-0.2, 0) is 20.1 Å². The summed E-state index contributed by atoms with van der Waals surface area (Å²) in [6.07, 6.45) is 3.56. The van der Waals surface area contributed by atoms with Crippen molar-refractivity contribution in [2.45, 2.75) is 72.8 Å². The maximum Gasteiger partial charge on any atom is 0.121 e. The van der Waals surface area contributed by atoms with Gasteiger partial charge >= 0.3 is 0 Å². The number of aromatic nitrogens is 2. The molecule has 52 heavy (non-hydrogen) atoms. The minimum Gasteiger partial charge on any atom is -0.501 e. The number of furan rings is 1. The zero-order valence-corrected chi connectivity index (χ0v) is 33.8. The van der Waals surface area contributed by atoms with Gasteiger partial charge in [-0.2, -0.15) is 0 Å². The maximum absolute atomic E-state index is 8.48. The SMILES string of the molecule is [2H]C([2H])([2H])c1c[c-]c(-c2cc(C([2H])(C)C)c([Si](C)(C)C)cn2)cc1.[2H]C([2H])([2H])c1c[c-]c(-c2cc(C([2H])(C)C)ccn2)c2oc3cc4c(ccc5ccccc54)cc3c12.[Ir]. The second-order valence-corrected chi connectivity index (χ2v) is 19.6. The molecule has 0 fully saturated rings. The Bertz CT molecular complexity index is 2870. The van der Waals surface area contributed by atoms with E-state index in [2.05, 4.69) is 66.0 Å². The molecule has 0 aliphatic rings. The van der Waals surface area contributed by atoms with Crippen LogP contribution < -0.4 is 5.19 Å². The van der Waals surface area contributed by atoms with Crippen LogP contribution >= 0.6 is 0 Å². The summed E-state index contributed by atoms with van der Waals surface area (Å²) in [5.74, 6) is -1.52. The van der Waals surface area contributed by atoms with Gasteiger partial charge in [-0.15, -0.1) is 53.1 Å². The normalized spacial score (nSPS) is 14.9. The number of hydrogen-bond donors (Lipinski definition) is 0. The molecule has 0 N–H and O–H groups in total. The molecule has 8 rings (SSSR count). The fourth-order valence-corrected chi connectivity index (χ4v) is 8.17. The molecule has 0 bridgehead atoms. The molecule has 0 saturated heterocycles. The molecule has 8 aromatic rings. The van der Waals surface area contributed by atoms with Gasteiger partial charge in [0.15, 0.2) is 0 Å². The van der Waals surface area contributed by atoms with E-state index in [-0.39, 0.29) is 31.2 Å². The molecule has 3 nitrogen and oxygen atoms in total. The van der Waals surface area contributed by atoms with Gasteiger partial charge in [0.25, 0.3) is 0 Å². The van der Waals surface area contributed by atoms with Crippen LogP contribution in [0.3, 0.4) is 0 Å². The molecule has 5 heteroatoms. The Labute approximate surface area is 334 Å². The number of hydrogen-bond acceptors (Lipinski definition) is 3. The van der Waals surface area contributed by atoms with E-state index in [9.17, 15) is 0 Å². The van der Waals surface area contributed by atoms with E-state index in [0.717, 1.165) is 49.3 Å². The second-order valence-electron chi connectivity index (χ2n) is 14.5. The van der Waals surface area contributed by atoms with Gasteiger partial charge < -0.3 is 14.4 Å². The first-order chi connectivity index (χ1) is 27.4. The topological polar surface area (TPSA) is 38.9 Å². The van der Waals surface area contributed by atoms with E-state index in [1.807, 2.05) is 76.4 Å². The van der Waals surface area contributed by atoms with Crippen molar-refractivity contribution in [3.8, 4) is 22.5 Å². The van der Waals surface area contributed by atoms with Gasteiger partial charge in [-0.3, -0.25) is 0 Å². The molecule has 0 spiro atoms. The van der Waals surface area contributed by atoms with Gasteiger partial charge in [0.05, 0.1) is 13.7 Å². The molecular weight excluding hydrogens is 829 g/mol. The van der Waals surface area contributed by atoms with Gasteiger partial charge in [-0.1, -0.05) is 132 Å². The molecule has 0 saturated carbocycles. The van der Waals surface area contributed by atoms with Crippen LogP contribution in [0.4, 0.5) is 0 Å². The molecule has 3 aromatic heterocycles. The maximum atomic E-state index is 8.48. The largest absolute Gasteiger partial charge is 0.501 e. The zero-order chi connectivity index (χ0) is 42.9. The van der Waals surface area contributed by atoms with E-state index in [0.29, 0.717) is 27.8 Å². The molecule has 0 unspecified atom stereocenters. The van der Waals surface area contributed by atoms with Crippen LogP contribution in [-0.4, -0.2) is 18.0 Å². The molecule has 265 valence electrons. The third-order valence-corrected chi connectivity index (χ3v) is 11.4. The van der Waals surface area contributed by atoms with Gasteiger partial charge in [0.2, 0.25) is 0 Å². The summed E-state index contributed by atoms with van der Waals surface area (Å²) in [6.45, 7) is 9.69. The van der Waals surface area contributed by atoms with E-state index >= 15 is 0 Å². The minimum absolute atomic E-state index is 0. The predicted molar refractivity (Wildman–Crippen MR) is 220 cm³/mol. The smallest absolute Gasteiger partial charge is 0.121 e. The van der Waals surface area contributed by atoms with E-state index < -0.39 is 33.6 Å². The summed E-state index contributed by atoms with van der Waals surface area (Å²) < 4.78 is 70.1. The van der Waals surface area contributed by atoms with Gasteiger partial charge in [-0.25, -0.2) is 0 Å². The van der Waals surface area contributed by atoms with Crippen molar-refractivity contribution >= 4 is 56.7 Å². The molecular formula is C47H46IrN2OSi-2. The van der Waals surface area contributed by atoms with Crippen LogP contribution in [0.15, 0.2) is 108 Å². The fraction of sp³-hybridized carbons (Fsp3) is 0.234. The standard InChI is InChI=1S/C29H22NO.C18H24NSi.Ir/c1-17(2)20-12-13-30-26(15-20)23-11-8-18(3)28-25-14-21-10-9-19-6-4-5-7-22(19)24(21)16-27(25)31-29(23)28;1-13(2)16-11-17(15-9-7-14(3)8-10-15)19-12-18(16)20(4,5)6;/h4-10,12-17H,1-3H3;7-9,11-13H,1-6H3;/q2*-1;/i3D3,17D;3D3,13D;. The number of pyridine rings is 2. The summed E-state index contributed by atoms with van der Waals surface area (Å²) >= 11 is 0. The Morgan fingerprint density at radius 2 is 1.56 bits per heavy atom. The van der Waals surface area contributed by atoms with Crippen LogP contribution in [0.1, 0.15) is 72.7 Å². The number of nitrogens with zero attached hydrogens (tertiary/aromatic N) is 2. The summed E-state index contributed by atoms with van der Waals surface area (Å²) in [7, 11) is -1.61. The van der Waals surface area contributed by atoms with E-state index in [1.165, 1.54) is 17.3 Å². The number of benzene rings is 5. The predicted octanol–water partition coefficient (Wildman–Crippen LogP) is 12.7. The molecule has 0 amide bonds. The first kappa shape index (κ1) is 28.1. The van der Waals surface area contributed by atoms with Crippen molar-refractivity contribution in [2.75, 3.05) is 0 Å². The van der Waals surface area contributed by atoms with E-state index in [4.69, 9.17) is 15.4 Å². The van der Waals surface area contributed by atoms with Crippen molar-refractivity contribution in [2.24, 2.45) is 0 Å². The average molecular weight is 883 g/mol. The van der Waals surface area contributed by atoms with Crippen molar-refractivity contribution in [1.82, 2.24) is 9.97 Å². The number of rotatable bonds is 5.